The second-order valence-corrected chi connectivity index (χ2v) is 8.51. The van der Waals surface area contributed by atoms with Crippen LogP contribution in [0, 0.1) is 5.82 Å². The van der Waals surface area contributed by atoms with Crippen molar-refractivity contribution < 1.29 is 13.9 Å². The molecule has 1 aromatic heterocycles. The minimum atomic E-state index is -0.303. The summed E-state index contributed by atoms with van der Waals surface area (Å²) in [6, 6.07) is 12.4. The van der Waals surface area contributed by atoms with Crippen LogP contribution in [0.4, 0.5) is 4.39 Å². The number of hydrogen-bond donors (Lipinski definition) is 0. The zero-order valence-corrected chi connectivity index (χ0v) is 18.3. The smallest absolute Gasteiger partial charge is 0.226 e. The van der Waals surface area contributed by atoms with Gasteiger partial charge in [-0.1, -0.05) is 18.2 Å². The number of rotatable bonds is 5. The van der Waals surface area contributed by atoms with Gasteiger partial charge in [0.1, 0.15) is 17.4 Å². The van der Waals surface area contributed by atoms with Gasteiger partial charge in [-0.05, 0) is 42.4 Å². The molecule has 0 spiro atoms. The molecule has 2 aliphatic rings. The molecule has 0 N–H and O–H groups in total. The number of fused-ring (bicyclic) bond motifs is 2. The van der Waals surface area contributed by atoms with E-state index < -0.39 is 0 Å². The molecule has 7 heteroatoms. The highest BCUT2D eigenvalue weighted by atomic mass is 19.1. The van der Waals surface area contributed by atoms with Gasteiger partial charge >= 0.3 is 0 Å². The molecule has 6 nitrogen and oxygen atoms in total. The molecule has 3 heterocycles. The van der Waals surface area contributed by atoms with Crippen molar-refractivity contribution in [2.24, 2.45) is 0 Å². The maximum Gasteiger partial charge on any atom is 0.226 e. The summed E-state index contributed by atoms with van der Waals surface area (Å²) in [4.78, 5) is 21.7. The number of imidazole rings is 1. The van der Waals surface area contributed by atoms with Crippen LogP contribution < -0.4 is 4.74 Å². The first-order chi connectivity index (χ1) is 15.6. The first-order valence-electron chi connectivity index (χ1n) is 11.1. The van der Waals surface area contributed by atoms with Crippen molar-refractivity contribution in [2.45, 2.75) is 32.5 Å². The van der Waals surface area contributed by atoms with Crippen molar-refractivity contribution in [2.75, 3.05) is 26.7 Å². The maximum atomic E-state index is 13.0. The monoisotopic (exact) mass is 434 g/mol. The summed E-state index contributed by atoms with van der Waals surface area (Å²) in [6.07, 6.45) is 3.02. The van der Waals surface area contributed by atoms with Gasteiger partial charge in [0.25, 0.3) is 0 Å². The number of amides is 1. The van der Waals surface area contributed by atoms with Crippen LogP contribution in [-0.2, 0) is 30.8 Å². The van der Waals surface area contributed by atoms with E-state index in [0.717, 1.165) is 37.6 Å². The lowest BCUT2D eigenvalue weighted by Crippen LogP contribution is -2.34. The number of nitrogens with zero attached hydrogens (tertiary/aromatic N) is 4. The van der Waals surface area contributed by atoms with Crippen LogP contribution in [0.3, 0.4) is 0 Å². The molecule has 0 saturated carbocycles. The van der Waals surface area contributed by atoms with Gasteiger partial charge in [0.15, 0.2) is 0 Å². The minimum Gasteiger partial charge on any atom is -0.493 e. The average Bonchev–Trinajstić information content (AvgIpc) is 3.30. The summed E-state index contributed by atoms with van der Waals surface area (Å²) in [6.45, 7) is 4.24. The molecule has 1 amide bonds. The Morgan fingerprint density at radius 1 is 1.09 bits per heavy atom. The lowest BCUT2D eigenvalue weighted by Gasteiger charge is -2.20. The van der Waals surface area contributed by atoms with E-state index in [1.165, 1.54) is 28.8 Å². The third kappa shape index (κ3) is 4.12. The molecule has 0 saturated heterocycles. The summed E-state index contributed by atoms with van der Waals surface area (Å²) in [5, 5.41) is 0. The van der Waals surface area contributed by atoms with Gasteiger partial charge in [-0.15, -0.1) is 0 Å². The summed E-state index contributed by atoms with van der Waals surface area (Å²) in [7, 11) is 2.14. The lowest BCUT2D eigenvalue weighted by atomic mass is 10.0. The standard InChI is InChI=1S/C25H27FN4O2/c1-28-16-18-3-2-4-21(22(18)17-28)23-15-27-24-9-11-29(12-13-30(23)24)25(31)10-14-32-20-7-5-19(26)6-8-20/h2-8,15H,9-14,16-17H2,1H3. The number of carbonyl (C=O) groups excluding carboxylic acids is 1. The first-order valence-corrected chi connectivity index (χ1v) is 11.1. The van der Waals surface area contributed by atoms with Crippen molar-refractivity contribution in [3.8, 4) is 17.0 Å². The van der Waals surface area contributed by atoms with E-state index in [9.17, 15) is 9.18 Å². The number of aromatic nitrogens is 2. The third-order valence-corrected chi connectivity index (χ3v) is 6.31. The quantitative estimate of drug-likeness (QED) is 0.617. The molecule has 0 unspecified atom stereocenters. The fourth-order valence-electron chi connectivity index (χ4n) is 4.67. The maximum absolute atomic E-state index is 13.0. The van der Waals surface area contributed by atoms with Gasteiger partial charge < -0.3 is 14.2 Å². The molecule has 166 valence electrons. The molecule has 0 bridgehead atoms. The van der Waals surface area contributed by atoms with Crippen molar-refractivity contribution >= 4 is 5.91 Å². The third-order valence-electron chi connectivity index (χ3n) is 6.31. The predicted octanol–water partition coefficient (Wildman–Crippen LogP) is 3.49. The number of halogens is 1. The molecule has 0 atom stereocenters. The van der Waals surface area contributed by atoms with Gasteiger partial charge in [0, 0.05) is 44.7 Å². The van der Waals surface area contributed by atoms with E-state index in [4.69, 9.17) is 9.72 Å². The van der Waals surface area contributed by atoms with Crippen LogP contribution in [0.25, 0.3) is 11.3 Å². The SMILES string of the molecule is CN1Cc2cccc(-c3cnc4n3CCN(C(=O)CCOc3ccc(F)cc3)CC4)c2C1. The van der Waals surface area contributed by atoms with E-state index in [2.05, 4.69) is 34.7 Å². The number of ether oxygens (including phenoxy) is 1. The fourth-order valence-corrected chi connectivity index (χ4v) is 4.67. The van der Waals surface area contributed by atoms with Gasteiger partial charge in [-0.2, -0.15) is 0 Å². The van der Waals surface area contributed by atoms with E-state index in [1.807, 2.05) is 11.1 Å². The molecule has 5 rings (SSSR count). The van der Waals surface area contributed by atoms with E-state index in [0.29, 0.717) is 25.3 Å². The van der Waals surface area contributed by atoms with Crippen LogP contribution in [0.2, 0.25) is 0 Å². The molecule has 0 radical (unpaired) electrons. The number of carbonyl (C=O) groups is 1. The van der Waals surface area contributed by atoms with Gasteiger partial charge in [0.2, 0.25) is 5.91 Å². The fraction of sp³-hybridized carbons (Fsp3) is 0.360. The highest BCUT2D eigenvalue weighted by Gasteiger charge is 2.24. The highest BCUT2D eigenvalue weighted by molar-refractivity contribution is 5.76. The van der Waals surface area contributed by atoms with Crippen LogP contribution in [-0.4, -0.2) is 52.0 Å². The molecule has 3 aromatic rings. The predicted molar refractivity (Wildman–Crippen MR) is 120 cm³/mol. The van der Waals surface area contributed by atoms with Gasteiger partial charge in [0.05, 0.1) is 24.9 Å². The zero-order valence-electron chi connectivity index (χ0n) is 18.3. The zero-order chi connectivity index (χ0) is 22.1. The molecule has 2 aromatic carbocycles. The van der Waals surface area contributed by atoms with Gasteiger partial charge in [-0.25, -0.2) is 9.37 Å². The Morgan fingerprint density at radius 3 is 2.78 bits per heavy atom. The van der Waals surface area contributed by atoms with Crippen LogP contribution >= 0.6 is 0 Å². The second kappa shape index (κ2) is 8.74. The van der Waals surface area contributed by atoms with E-state index in [-0.39, 0.29) is 18.3 Å². The Balaban J connectivity index is 1.24. The normalized spacial score (nSPS) is 15.9. The van der Waals surface area contributed by atoms with Crippen LogP contribution in [0.15, 0.2) is 48.7 Å². The Bertz CT molecular complexity index is 1130. The van der Waals surface area contributed by atoms with Crippen molar-refractivity contribution in [3.63, 3.8) is 0 Å². The van der Waals surface area contributed by atoms with Crippen LogP contribution in [0.1, 0.15) is 23.4 Å². The molecular weight excluding hydrogens is 407 g/mol. The van der Waals surface area contributed by atoms with E-state index in [1.54, 1.807) is 12.1 Å². The molecule has 0 fully saturated rings. The van der Waals surface area contributed by atoms with Crippen molar-refractivity contribution in [3.05, 3.63) is 71.4 Å². The summed E-state index contributed by atoms with van der Waals surface area (Å²) < 4.78 is 20.9. The summed E-state index contributed by atoms with van der Waals surface area (Å²) in [5.74, 6) is 1.37. The Morgan fingerprint density at radius 2 is 1.94 bits per heavy atom. The molecule has 2 aliphatic heterocycles. The highest BCUT2D eigenvalue weighted by Crippen LogP contribution is 2.33. The van der Waals surface area contributed by atoms with Crippen LogP contribution in [0.5, 0.6) is 5.75 Å². The molecular formula is C25H27FN4O2. The second-order valence-electron chi connectivity index (χ2n) is 8.51. The molecule has 0 aliphatic carbocycles. The first kappa shape index (κ1) is 20.7. The average molecular weight is 435 g/mol. The van der Waals surface area contributed by atoms with Gasteiger partial charge in [-0.3, -0.25) is 9.69 Å². The Hall–Kier alpha value is -3.19. The van der Waals surface area contributed by atoms with Crippen molar-refractivity contribution in [1.29, 1.82) is 0 Å². The summed E-state index contributed by atoms with van der Waals surface area (Å²) >= 11 is 0. The minimum absolute atomic E-state index is 0.0710. The summed E-state index contributed by atoms with van der Waals surface area (Å²) in [5.41, 5.74) is 5.15. The van der Waals surface area contributed by atoms with Crippen molar-refractivity contribution in [1.82, 2.24) is 19.4 Å². The Labute approximate surface area is 187 Å². The number of benzene rings is 2. The number of hydrogen-bond acceptors (Lipinski definition) is 4. The topological polar surface area (TPSA) is 50.6 Å². The molecule has 32 heavy (non-hydrogen) atoms. The lowest BCUT2D eigenvalue weighted by molar-refractivity contribution is -0.131. The Kier molecular flexibility index (Phi) is 5.66. The largest absolute Gasteiger partial charge is 0.493 e. The van der Waals surface area contributed by atoms with E-state index >= 15 is 0 Å².